The Hall–Kier alpha value is -2.44. The molecular weight excluding hydrogens is 340 g/mol. The lowest BCUT2D eigenvalue weighted by atomic mass is 10.1. The first-order valence-electron chi connectivity index (χ1n) is 8.20. The number of hydrogen-bond donors (Lipinski definition) is 2. The highest BCUT2D eigenvalue weighted by molar-refractivity contribution is 6.33. The normalized spacial score (nSPS) is 15.4. The van der Waals surface area contributed by atoms with Crippen molar-refractivity contribution in [3.63, 3.8) is 0 Å². The van der Waals surface area contributed by atoms with E-state index in [1.807, 2.05) is 18.2 Å². The minimum Gasteiger partial charge on any atom is -0.381 e. The first-order chi connectivity index (χ1) is 12.2. The topological polar surface area (TPSA) is 79.9 Å². The summed E-state index contributed by atoms with van der Waals surface area (Å²) in [6.07, 6.45) is 3.55. The van der Waals surface area contributed by atoms with Crippen molar-refractivity contribution in [1.82, 2.24) is 15.0 Å². The second kappa shape index (κ2) is 6.82. The minimum absolute atomic E-state index is 0.226. The number of pyridine rings is 1. The fourth-order valence-electron chi connectivity index (χ4n) is 2.97. The number of fused-ring (bicyclic) bond motifs is 1. The molecule has 128 valence electrons. The van der Waals surface area contributed by atoms with Crippen molar-refractivity contribution < 1.29 is 4.74 Å². The minimum atomic E-state index is -0.226. The SMILES string of the molecule is O=c1[nH]c2nc(NC3CCOCC3)ncc2cc1-c1ccccc1Cl. The lowest BCUT2D eigenvalue weighted by Gasteiger charge is -2.23. The van der Waals surface area contributed by atoms with Gasteiger partial charge < -0.3 is 15.0 Å². The third kappa shape index (κ3) is 3.36. The fourth-order valence-corrected chi connectivity index (χ4v) is 3.20. The van der Waals surface area contributed by atoms with E-state index in [-0.39, 0.29) is 5.56 Å². The summed E-state index contributed by atoms with van der Waals surface area (Å²) in [5, 5.41) is 4.59. The molecule has 0 aliphatic carbocycles. The van der Waals surface area contributed by atoms with Gasteiger partial charge >= 0.3 is 0 Å². The molecule has 3 aromatic rings. The van der Waals surface area contributed by atoms with Gasteiger partial charge in [0.25, 0.3) is 5.56 Å². The summed E-state index contributed by atoms with van der Waals surface area (Å²) < 4.78 is 5.35. The maximum atomic E-state index is 12.5. The first-order valence-corrected chi connectivity index (χ1v) is 8.58. The van der Waals surface area contributed by atoms with Crippen molar-refractivity contribution in [1.29, 1.82) is 0 Å². The Balaban J connectivity index is 1.69. The number of anilines is 1. The Kier molecular flexibility index (Phi) is 4.38. The second-order valence-corrected chi connectivity index (χ2v) is 6.43. The van der Waals surface area contributed by atoms with Gasteiger partial charge in [0.1, 0.15) is 5.65 Å². The zero-order chi connectivity index (χ0) is 17.2. The molecule has 0 unspecified atom stereocenters. The van der Waals surface area contributed by atoms with Crippen molar-refractivity contribution in [2.24, 2.45) is 0 Å². The molecule has 0 saturated carbocycles. The Morgan fingerprint density at radius 1 is 1.20 bits per heavy atom. The average molecular weight is 357 g/mol. The first kappa shape index (κ1) is 16.1. The van der Waals surface area contributed by atoms with Crippen LogP contribution in [0.5, 0.6) is 0 Å². The van der Waals surface area contributed by atoms with E-state index in [2.05, 4.69) is 20.3 Å². The molecule has 2 N–H and O–H groups in total. The van der Waals surface area contributed by atoms with Crippen LogP contribution < -0.4 is 10.9 Å². The van der Waals surface area contributed by atoms with Crippen LogP contribution in [0.25, 0.3) is 22.2 Å². The lowest BCUT2D eigenvalue weighted by Crippen LogP contribution is -2.28. The van der Waals surface area contributed by atoms with Gasteiger partial charge in [-0.25, -0.2) is 4.98 Å². The number of rotatable bonds is 3. The molecule has 25 heavy (non-hydrogen) atoms. The third-order valence-electron chi connectivity index (χ3n) is 4.31. The van der Waals surface area contributed by atoms with Gasteiger partial charge in [0, 0.05) is 47.0 Å². The molecule has 7 heteroatoms. The van der Waals surface area contributed by atoms with Gasteiger partial charge in [0.05, 0.1) is 0 Å². The second-order valence-electron chi connectivity index (χ2n) is 6.02. The van der Waals surface area contributed by atoms with E-state index >= 15 is 0 Å². The lowest BCUT2D eigenvalue weighted by molar-refractivity contribution is 0.0903. The van der Waals surface area contributed by atoms with Gasteiger partial charge in [-0.15, -0.1) is 0 Å². The highest BCUT2D eigenvalue weighted by atomic mass is 35.5. The van der Waals surface area contributed by atoms with Gasteiger partial charge in [0.15, 0.2) is 0 Å². The van der Waals surface area contributed by atoms with Crippen LogP contribution in [-0.4, -0.2) is 34.2 Å². The molecule has 0 amide bonds. The van der Waals surface area contributed by atoms with Gasteiger partial charge in [-0.3, -0.25) is 4.79 Å². The molecule has 0 radical (unpaired) electrons. The summed E-state index contributed by atoms with van der Waals surface area (Å²) >= 11 is 6.21. The number of aromatic nitrogens is 3. The Labute approximate surface area is 149 Å². The highest BCUT2D eigenvalue weighted by Crippen LogP contribution is 2.26. The Bertz CT molecular complexity index is 967. The van der Waals surface area contributed by atoms with E-state index in [0.717, 1.165) is 31.4 Å². The van der Waals surface area contributed by atoms with Crippen molar-refractivity contribution in [3.8, 4) is 11.1 Å². The summed E-state index contributed by atoms with van der Waals surface area (Å²) in [6, 6.07) is 9.33. The van der Waals surface area contributed by atoms with Crippen molar-refractivity contribution in [2.75, 3.05) is 18.5 Å². The predicted molar refractivity (Wildman–Crippen MR) is 98.1 cm³/mol. The number of ether oxygens (including phenoxy) is 1. The molecule has 1 aromatic carbocycles. The quantitative estimate of drug-likeness (QED) is 0.753. The summed E-state index contributed by atoms with van der Waals surface area (Å²) in [7, 11) is 0. The number of benzene rings is 1. The molecule has 3 heterocycles. The predicted octanol–water partition coefficient (Wildman–Crippen LogP) is 3.23. The molecule has 6 nitrogen and oxygen atoms in total. The molecule has 0 atom stereocenters. The number of hydrogen-bond acceptors (Lipinski definition) is 5. The Morgan fingerprint density at radius 2 is 2.00 bits per heavy atom. The number of H-pyrrole nitrogens is 1. The van der Waals surface area contributed by atoms with Gasteiger partial charge in [0.2, 0.25) is 5.95 Å². The van der Waals surface area contributed by atoms with Crippen molar-refractivity contribution in [2.45, 2.75) is 18.9 Å². The van der Waals surface area contributed by atoms with Crippen LogP contribution in [0.4, 0.5) is 5.95 Å². The molecule has 0 spiro atoms. The zero-order valence-electron chi connectivity index (χ0n) is 13.5. The van der Waals surface area contributed by atoms with E-state index in [0.29, 0.717) is 33.8 Å². The summed E-state index contributed by atoms with van der Waals surface area (Å²) in [5.74, 6) is 0.514. The molecule has 4 rings (SSSR count). The Morgan fingerprint density at radius 3 is 2.80 bits per heavy atom. The van der Waals surface area contributed by atoms with Crippen LogP contribution in [0.3, 0.4) is 0 Å². The summed E-state index contributed by atoms with van der Waals surface area (Å²) in [4.78, 5) is 24.1. The zero-order valence-corrected chi connectivity index (χ0v) is 14.2. The van der Waals surface area contributed by atoms with Crippen LogP contribution in [0, 0.1) is 0 Å². The van der Waals surface area contributed by atoms with E-state index < -0.39 is 0 Å². The summed E-state index contributed by atoms with van der Waals surface area (Å²) in [5.41, 5.74) is 1.48. The third-order valence-corrected chi connectivity index (χ3v) is 4.64. The molecule has 1 fully saturated rings. The molecule has 2 aromatic heterocycles. The average Bonchev–Trinajstić information content (AvgIpc) is 2.63. The highest BCUT2D eigenvalue weighted by Gasteiger charge is 2.15. The van der Waals surface area contributed by atoms with Crippen LogP contribution >= 0.6 is 11.6 Å². The van der Waals surface area contributed by atoms with Gasteiger partial charge in [-0.05, 0) is 25.0 Å². The van der Waals surface area contributed by atoms with Gasteiger partial charge in [-0.1, -0.05) is 29.8 Å². The van der Waals surface area contributed by atoms with E-state index in [1.54, 1.807) is 18.3 Å². The van der Waals surface area contributed by atoms with Crippen LogP contribution in [0.1, 0.15) is 12.8 Å². The number of aromatic amines is 1. The van der Waals surface area contributed by atoms with Crippen LogP contribution in [-0.2, 0) is 4.74 Å². The van der Waals surface area contributed by atoms with Crippen molar-refractivity contribution >= 4 is 28.6 Å². The molecule has 0 bridgehead atoms. The van der Waals surface area contributed by atoms with E-state index in [4.69, 9.17) is 16.3 Å². The molecule has 1 aliphatic rings. The molecule has 1 aliphatic heterocycles. The number of nitrogens with zero attached hydrogens (tertiary/aromatic N) is 2. The van der Waals surface area contributed by atoms with E-state index in [1.165, 1.54) is 0 Å². The molecule has 1 saturated heterocycles. The monoisotopic (exact) mass is 356 g/mol. The standard InChI is InChI=1S/C18H17ClN4O2/c19-15-4-2-1-3-13(15)14-9-11-10-20-18(23-16(11)22-17(14)24)21-12-5-7-25-8-6-12/h1-4,9-10,12H,5-8H2,(H2,20,21,22,23,24). The number of halogens is 1. The number of nitrogens with one attached hydrogen (secondary N) is 2. The van der Waals surface area contributed by atoms with E-state index in [9.17, 15) is 4.79 Å². The van der Waals surface area contributed by atoms with Crippen LogP contribution in [0.15, 0.2) is 41.3 Å². The fraction of sp³-hybridized carbons (Fsp3) is 0.278. The largest absolute Gasteiger partial charge is 0.381 e. The maximum Gasteiger partial charge on any atom is 0.257 e. The van der Waals surface area contributed by atoms with Gasteiger partial charge in [-0.2, -0.15) is 4.98 Å². The summed E-state index contributed by atoms with van der Waals surface area (Å²) in [6.45, 7) is 1.48. The smallest absolute Gasteiger partial charge is 0.257 e. The van der Waals surface area contributed by atoms with Crippen molar-refractivity contribution in [3.05, 3.63) is 51.9 Å². The maximum absolute atomic E-state index is 12.5. The molecular formula is C18H17ClN4O2. The van der Waals surface area contributed by atoms with Crippen LogP contribution in [0.2, 0.25) is 5.02 Å².